The van der Waals surface area contributed by atoms with Crippen LogP contribution in [0.4, 0.5) is 9.59 Å². The largest absolute Gasteiger partial charge is 0.445 e. The van der Waals surface area contributed by atoms with Crippen LogP contribution in [0.2, 0.25) is 0 Å². The van der Waals surface area contributed by atoms with Gasteiger partial charge in [0.1, 0.15) is 24.3 Å². The van der Waals surface area contributed by atoms with E-state index < -0.39 is 35.8 Å². The molecule has 2 rings (SSSR count). The SMILES string of the molecule is CC(C)(C)OC(=O)NCCCC[C@@H]1NC(=O)OCC=CCCNC(=O)[C@@H](Cc2ccccc2)NC1=O. The minimum Gasteiger partial charge on any atom is -0.445 e. The summed E-state index contributed by atoms with van der Waals surface area (Å²) in [6.45, 7) is 6.16. The first-order valence-electron chi connectivity index (χ1n) is 12.3. The van der Waals surface area contributed by atoms with E-state index in [4.69, 9.17) is 9.47 Å². The van der Waals surface area contributed by atoms with Crippen LogP contribution in [0.5, 0.6) is 0 Å². The molecule has 36 heavy (non-hydrogen) atoms. The Kier molecular flexibility index (Phi) is 11.7. The van der Waals surface area contributed by atoms with Gasteiger partial charge in [-0.25, -0.2) is 9.59 Å². The van der Waals surface area contributed by atoms with E-state index in [1.165, 1.54) is 0 Å². The zero-order valence-corrected chi connectivity index (χ0v) is 21.3. The lowest BCUT2D eigenvalue weighted by atomic mass is 10.0. The van der Waals surface area contributed by atoms with Gasteiger partial charge in [-0.1, -0.05) is 42.5 Å². The first kappa shape index (κ1) is 28.7. The maximum absolute atomic E-state index is 13.1. The number of carbonyl (C=O) groups is 4. The Balaban J connectivity index is 2.02. The van der Waals surface area contributed by atoms with E-state index in [2.05, 4.69) is 21.3 Å². The van der Waals surface area contributed by atoms with Crippen LogP contribution >= 0.6 is 0 Å². The number of unbranched alkanes of at least 4 members (excludes halogenated alkanes) is 1. The van der Waals surface area contributed by atoms with Crippen molar-refractivity contribution >= 4 is 24.0 Å². The van der Waals surface area contributed by atoms with Gasteiger partial charge < -0.3 is 30.7 Å². The van der Waals surface area contributed by atoms with E-state index in [-0.39, 0.29) is 12.5 Å². The van der Waals surface area contributed by atoms with Gasteiger partial charge in [-0.3, -0.25) is 9.59 Å². The number of rotatable bonds is 7. The Bertz CT molecular complexity index is 897. The van der Waals surface area contributed by atoms with Gasteiger partial charge in [0.05, 0.1) is 0 Å². The third kappa shape index (κ3) is 11.7. The molecule has 4 N–H and O–H groups in total. The van der Waals surface area contributed by atoms with Crippen LogP contribution in [-0.4, -0.2) is 61.4 Å². The Labute approximate surface area is 212 Å². The molecule has 198 valence electrons. The second kappa shape index (κ2) is 14.8. The van der Waals surface area contributed by atoms with Gasteiger partial charge in [0.25, 0.3) is 0 Å². The molecular weight excluding hydrogens is 464 g/mol. The number of benzene rings is 1. The van der Waals surface area contributed by atoms with Crippen LogP contribution in [-0.2, 0) is 25.5 Å². The highest BCUT2D eigenvalue weighted by Gasteiger charge is 2.27. The van der Waals surface area contributed by atoms with E-state index in [9.17, 15) is 19.2 Å². The Morgan fingerprint density at radius 2 is 1.78 bits per heavy atom. The number of nitrogens with one attached hydrogen (secondary N) is 4. The van der Waals surface area contributed by atoms with Crippen LogP contribution in [0.1, 0.15) is 52.0 Å². The minimum absolute atomic E-state index is 0.0601. The van der Waals surface area contributed by atoms with E-state index in [0.717, 1.165) is 5.56 Å². The molecule has 1 aliphatic heterocycles. The summed E-state index contributed by atoms with van der Waals surface area (Å²) in [7, 11) is 0. The lowest BCUT2D eigenvalue weighted by molar-refractivity contribution is -0.130. The van der Waals surface area contributed by atoms with Crippen LogP contribution in [0, 0.1) is 0 Å². The molecule has 1 aromatic carbocycles. The Hall–Kier alpha value is -3.56. The van der Waals surface area contributed by atoms with Crippen molar-refractivity contribution < 1.29 is 28.7 Å². The standard InChI is InChI=1S/C26H38N4O6/c1-26(2,3)36-24(33)28-16-10-8-14-20-23(32)29-21(18-19-12-6-4-7-13-19)22(31)27-15-9-5-11-17-35-25(34)30-20/h4-7,11-13,20-21H,8-10,14-18H2,1-3H3,(H,27,31)(H,28,33)(H,29,32)(H,30,34)/t20-,21+/m0/s1. The average Bonchev–Trinajstić information content (AvgIpc) is 2.80. The van der Waals surface area contributed by atoms with E-state index in [0.29, 0.717) is 45.2 Å². The summed E-state index contributed by atoms with van der Waals surface area (Å²) >= 11 is 0. The second-order valence-electron chi connectivity index (χ2n) is 9.52. The molecule has 0 radical (unpaired) electrons. The van der Waals surface area contributed by atoms with Crippen LogP contribution in [0.15, 0.2) is 42.5 Å². The normalized spacial score (nSPS) is 19.7. The fraction of sp³-hybridized carbons (Fsp3) is 0.538. The molecule has 0 aliphatic carbocycles. The summed E-state index contributed by atoms with van der Waals surface area (Å²) in [5.74, 6) is -0.767. The first-order valence-corrected chi connectivity index (χ1v) is 12.3. The average molecular weight is 503 g/mol. The second-order valence-corrected chi connectivity index (χ2v) is 9.52. The molecule has 1 aromatic rings. The van der Waals surface area contributed by atoms with Crippen molar-refractivity contribution in [2.75, 3.05) is 19.7 Å². The van der Waals surface area contributed by atoms with Gasteiger partial charge in [0.2, 0.25) is 11.8 Å². The molecule has 0 unspecified atom stereocenters. The molecule has 0 fully saturated rings. The van der Waals surface area contributed by atoms with Crippen LogP contribution in [0.3, 0.4) is 0 Å². The number of carbonyl (C=O) groups excluding carboxylic acids is 4. The highest BCUT2D eigenvalue weighted by molar-refractivity contribution is 5.91. The van der Waals surface area contributed by atoms with Crippen molar-refractivity contribution in [2.24, 2.45) is 0 Å². The lowest BCUT2D eigenvalue weighted by Crippen LogP contribution is -2.54. The molecule has 4 amide bonds. The van der Waals surface area contributed by atoms with Crippen molar-refractivity contribution in [1.82, 2.24) is 21.3 Å². The predicted octanol–water partition coefficient (Wildman–Crippen LogP) is 2.58. The monoisotopic (exact) mass is 502 g/mol. The molecule has 1 aliphatic rings. The number of alkyl carbamates (subject to hydrolysis) is 2. The Morgan fingerprint density at radius 3 is 2.50 bits per heavy atom. The van der Waals surface area contributed by atoms with Crippen LogP contribution in [0.25, 0.3) is 0 Å². The summed E-state index contributed by atoms with van der Waals surface area (Å²) in [5, 5.41) is 10.9. The molecule has 2 atom stereocenters. The molecule has 1 heterocycles. The molecule has 0 spiro atoms. The quantitative estimate of drug-likeness (QED) is 0.334. The fourth-order valence-electron chi connectivity index (χ4n) is 3.47. The number of cyclic esters (lactones) is 1. The molecule has 10 heteroatoms. The summed E-state index contributed by atoms with van der Waals surface area (Å²) in [5.41, 5.74) is 0.312. The number of hydrogen-bond acceptors (Lipinski definition) is 6. The van der Waals surface area contributed by atoms with E-state index >= 15 is 0 Å². The molecule has 10 nitrogen and oxygen atoms in total. The molecular formula is C26H38N4O6. The van der Waals surface area contributed by atoms with Gasteiger partial charge >= 0.3 is 12.2 Å². The summed E-state index contributed by atoms with van der Waals surface area (Å²) in [6, 6.07) is 7.68. The number of amides is 4. The highest BCUT2D eigenvalue weighted by Crippen LogP contribution is 2.08. The van der Waals surface area contributed by atoms with E-state index in [1.807, 2.05) is 36.4 Å². The van der Waals surface area contributed by atoms with Gasteiger partial charge in [-0.2, -0.15) is 0 Å². The maximum Gasteiger partial charge on any atom is 0.408 e. The van der Waals surface area contributed by atoms with Crippen molar-refractivity contribution in [2.45, 2.75) is 70.6 Å². The Morgan fingerprint density at radius 1 is 1.03 bits per heavy atom. The van der Waals surface area contributed by atoms with Crippen molar-refractivity contribution in [3.8, 4) is 0 Å². The molecule has 0 saturated carbocycles. The molecule has 0 aromatic heterocycles. The zero-order chi connectivity index (χ0) is 26.4. The zero-order valence-electron chi connectivity index (χ0n) is 21.3. The van der Waals surface area contributed by atoms with Gasteiger partial charge in [0, 0.05) is 19.5 Å². The van der Waals surface area contributed by atoms with Crippen molar-refractivity contribution in [3.63, 3.8) is 0 Å². The first-order chi connectivity index (χ1) is 17.1. The summed E-state index contributed by atoms with van der Waals surface area (Å²) in [4.78, 5) is 50.0. The molecule has 0 saturated heterocycles. The summed E-state index contributed by atoms with van der Waals surface area (Å²) < 4.78 is 10.3. The van der Waals surface area contributed by atoms with Gasteiger partial charge in [-0.15, -0.1) is 0 Å². The highest BCUT2D eigenvalue weighted by atomic mass is 16.6. The third-order valence-corrected chi connectivity index (χ3v) is 5.20. The van der Waals surface area contributed by atoms with Crippen molar-refractivity contribution in [1.29, 1.82) is 0 Å². The number of hydrogen-bond donors (Lipinski definition) is 4. The maximum atomic E-state index is 13.1. The fourth-order valence-corrected chi connectivity index (χ4v) is 3.47. The van der Waals surface area contributed by atoms with Gasteiger partial charge in [-0.05, 0) is 52.0 Å². The number of ether oxygens (including phenoxy) is 2. The smallest absolute Gasteiger partial charge is 0.408 e. The van der Waals surface area contributed by atoms with E-state index in [1.54, 1.807) is 26.8 Å². The van der Waals surface area contributed by atoms with Crippen molar-refractivity contribution in [3.05, 3.63) is 48.0 Å². The topological polar surface area (TPSA) is 135 Å². The summed E-state index contributed by atoms with van der Waals surface area (Å²) in [6.07, 6.45) is 4.56. The van der Waals surface area contributed by atoms with Crippen LogP contribution < -0.4 is 21.3 Å². The predicted molar refractivity (Wildman–Crippen MR) is 135 cm³/mol. The molecule has 0 bridgehead atoms. The lowest BCUT2D eigenvalue weighted by Gasteiger charge is -2.23. The van der Waals surface area contributed by atoms with Gasteiger partial charge in [0.15, 0.2) is 0 Å². The third-order valence-electron chi connectivity index (χ3n) is 5.20. The minimum atomic E-state index is -0.906.